The zero-order valence-corrected chi connectivity index (χ0v) is 11.2. The Balaban J connectivity index is 1.97. The van der Waals surface area contributed by atoms with Crippen molar-refractivity contribution in [2.24, 2.45) is 0 Å². The molecule has 7 nitrogen and oxygen atoms in total. The van der Waals surface area contributed by atoms with E-state index < -0.39 is 9.84 Å². The minimum atomic E-state index is -3.03. The highest BCUT2D eigenvalue weighted by molar-refractivity contribution is 7.91. The molecule has 0 bridgehead atoms. The number of nitrogens with one attached hydrogen (secondary N) is 2. The van der Waals surface area contributed by atoms with Crippen molar-refractivity contribution in [1.29, 1.82) is 0 Å². The van der Waals surface area contributed by atoms with Gasteiger partial charge in [-0.3, -0.25) is 0 Å². The molecule has 2 saturated heterocycles. The fourth-order valence-corrected chi connectivity index (χ4v) is 4.44. The van der Waals surface area contributed by atoms with Crippen LogP contribution in [0.5, 0.6) is 0 Å². The first-order valence-corrected chi connectivity index (χ1v) is 7.83. The van der Waals surface area contributed by atoms with E-state index in [0.29, 0.717) is 26.2 Å². The van der Waals surface area contributed by atoms with Crippen molar-refractivity contribution >= 4 is 15.9 Å². The minimum Gasteiger partial charge on any atom is -0.383 e. The summed E-state index contributed by atoms with van der Waals surface area (Å²) in [6, 6.07) is -0.580. The Kier molecular flexibility index (Phi) is 4.08. The Morgan fingerprint density at radius 2 is 2.28 bits per heavy atom. The Morgan fingerprint density at radius 3 is 3.00 bits per heavy atom. The normalized spacial score (nSPS) is 29.9. The van der Waals surface area contributed by atoms with Gasteiger partial charge in [-0.1, -0.05) is 0 Å². The van der Waals surface area contributed by atoms with Gasteiger partial charge in [0.1, 0.15) is 0 Å². The lowest BCUT2D eigenvalue weighted by atomic mass is 10.1. The molecule has 2 N–H and O–H groups in total. The number of piperazine rings is 1. The molecular weight excluding hydrogens is 258 g/mol. The Bertz CT molecular complexity index is 411. The predicted octanol–water partition coefficient (Wildman–Crippen LogP) is -1.59. The highest BCUT2D eigenvalue weighted by Crippen LogP contribution is 2.21. The number of nitrogens with zero attached hydrogens (tertiary/aromatic N) is 1. The Morgan fingerprint density at radius 1 is 1.50 bits per heavy atom. The van der Waals surface area contributed by atoms with Gasteiger partial charge in [0, 0.05) is 32.8 Å². The summed E-state index contributed by atoms with van der Waals surface area (Å²) in [5.41, 5.74) is 0. The van der Waals surface area contributed by atoms with Gasteiger partial charge in [-0.25, -0.2) is 13.2 Å². The van der Waals surface area contributed by atoms with E-state index in [9.17, 15) is 13.2 Å². The summed E-state index contributed by atoms with van der Waals surface area (Å²) >= 11 is 0. The molecule has 2 aliphatic rings. The average molecular weight is 277 g/mol. The first kappa shape index (κ1) is 13.6. The van der Waals surface area contributed by atoms with Gasteiger partial charge in [-0.15, -0.1) is 0 Å². The molecular formula is C10H19N3O4S. The number of carbonyl (C=O) groups excluding carboxylic acids is 1. The standard InChI is InChI=1S/C10H19N3O4S/c1-17-5-3-12-10(14)13-4-2-11-8-6-18(15,16)7-9(8)13/h8-9,11H,2-7H2,1H3,(H,12,14)/t8-,9+/m1/s1. The summed E-state index contributed by atoms with van der Waals surface area (Å²) in [6.45, 7) is 2.05. The van der Waals surface area contributed by atoms with Crippen LogP contribution in [0.3, 0.4) is 0 Å². The fourth-order valence-electron chi connectivity index (χ4n) is 2.48. The molecule has 8 heteroatoms. The van der Waals surface area contributed by atoms with Gasteiger partial charge in [0.05, 0.1) is 24.2 Å². The first-order valence-electron chi connectivity index (χ1n) is 6.01. The molecule has 18 heavy (non-hydrogen) atoms. The fraction of sp³-hybridized carbons (Fsp3) is 0.900. The summed E-state index contributed by atoms with van der Waals surface area (Å²) in [7, 11) is -1.46. The lowest BCUT2D eigenvalue weighted by Crippen LogP contribution is -2.61. The van der Waals surface area contributed by atoms with E-state index >= 15 is 0 Å². The second-order valence-corrected chi connectivity index (χ2v) is 6.78. The zero-order valence-electron chi connectivity index (χ0n) is 10.4. The van der Waals surface area contributed by atoms with Crippen LogP contribution in [0.15, 0.2) is 0 Å². The smallest absolute Gasteiger partial charge is 0.317 e. The monoisotopic (exact) mass is 277 g/mol. The SMILES string of the molecule is COCCNC(=O)N1CCN[C@@H]2CS(=O)(=O)C[C@@H]21. The van der Waals surface area contributed by atoms with Crippen molar-refractivity contribution < 1.29 is 17.9 Å². The molecule has 2 atom stereocenters. The van der Waals surface area contributed by atoms with E-state index in [4.69, 9.17) is 4.74 Å². The third kappa shape index (κ3) is 2.93. The van der Waals surface area contributed by atoms with Gasteiger partial charge in [0.25, 0.3) is 0 Å². The predicted molar refractivity (Wildman–Crippen MR) is 66.2 cm³/mol. The van der Waals surface area contributed by atoms with Crippen LogP contribution >= 0.6 is 0 Å². The Hall–Kier alpha value is -0.860. The van der Waals surface area contributed by atoms with E-state index in [1.54, 1.807) is 12.0 Å². The third-order valence-corrected chi connectivity index (χ3v) is 5.04. The minimum absolute atomic E-state index is 0.0579. The number of amides is 2. The van der Waals surface area contributed by atoms with Crippen LogP contribution < -0.4 is 10.6 Å². The van der Waals surface area contributed by atoms with Gasteiger partial charge in [-0.05, 0) is 0 Å². The second-order valence-electron chi connectivity index (χ2n) is 4.62. The summed E-state index contributed by atoms with van der Waals surface area (Å²) < 4.78 is 28.1. The van der Waals surface area contributed by atoms with E-state index in [0.717, 1.165) is 0 Å². The van der Waals surface area contributed by atoms with Crippen LogP contribution in [0.25, 0.3) is 0 Å². The molecule has 2 heterocycles. The number of sulfone groups is 1. The Labute approximate surface area is 107 Å². The number of hydrogen-bond acceptors (Lipinski definition) is 5. The van der Waals surface area contributed by atoms with Gasteiger partial charge >= 0.3 is 6.03 Å². The molecule has 2 amide bonds. The van der Waals surface area contributed by atoms with Crippen LogP contribution in [-0.4, -0.2) is 76.3 Å². The van der Waals surface area contributed by atoms with E-state index in [2.05, 4.69) is 10.6 Å². The highest BCUT2D eigenvalue weighted by atomic mass is 32.2. The van der Waals surface area contributed by atoms with Crippen LogP contribution in [0.2, 0.25) is 0 Å². The first-order chi connectivity index (χ1) is 8.53. The van der Waals surface area contributed by atoms with Crippen LogP contribution in [0.4, 0.5) is 4.79 Å². The van der Waals surface area contributed by atoms with Gasteiger partial charge in [0.15, 0.2) is 9.84 Å². The molecule has 0 aliphatic carbocycles. The number of urea groups is 1. The summed E-state index contributed by atoms with van der Waals surface area (Å²) in [5.74, 6) is 0.182. The van der Waals surface area contributed by atoms with E-state index in [-0.39, 0.29) is 29.6 Å². The van der Waals surface area contributed by atoms with Gasteiger partial charge in [0.2, 0.25) is 0 Å². The second kappa shape index (κ2) is 5.41. The molecule has 0 saturated carbocycles. The number of carbonyl (C=O) groups is 1. The molecule has 0 unspecified atom stereocenters. The van der Waals surface area contributed by atoms with Gasteiger partial charge < -0.3 is 20.3 Å². The maximum atomic E-state index is 12.0. The van der Waals surface area contributed by atoms with Crippen molar-refractivity contribution in [3.8, 4) is 0 Å². The number of fused-ring (bicyclic) bond motifs is 1. The van der Waals surface area contributed by atoms with Crippen molar-refractivity contribution in [2.45, 2.75) is 12.1 Å². The van der Waals surface area contributed by atoms with Crippen molar-refractivity contribution in [3.63, 3.8) is 0 Å². The summed E-state index contributed by atoms with van der Waals surface area (Å²) in [5, 5.41) is 5.90. The number of hydrogen-bond donors (Lipinski definition) is 2. The molecule has 2 aliphatic heterocycles. The molecule has 2 fully saturated rings. The van der Waals surface area contributed by atoms with Crippen molar-refractivity contribution in [1.82, 2.24) is 15.5 Å². The number of rotatable bonds is 3. The largest absolute Gasteiger partial charge is 0.383 e. The topological polar surface area (TPSA) is 87.7 Å². The van der Waals surface area contributed by atoms with Crippen LogP contribution in [-0.2, 0) is 14.6 Å². The quantitative estimate of drug-likeness (QED) is 0.608. The third-order valence-electron chi connectivity index (χ3n) is 3.33. The molecule has 0 aromatic rings. The van der Waals surface area contributed by atoms with Crippen LogP contribution in [0, 0.1) is 0 Å². The molecule has 0 radical (unpaired) electrons. The molecule has 0 aromatic carbocycles. The maximum Gasteiger partial charge on any atom is 0.317 e. The molecule has 0 aromatic heterocycles. The molecule has 0 spiro atoms. The number of methoxy groups -OCH3 is 1. The van der Waals surface area contributed by atoms with E-state index in [1.807, 2.05) is 0 Å². The molecule has 2 rings (SSSR count). The average Bonchev–Trinajstić information content (AvgIpc) is 2.62. The van der Waals surface area contributed by atoms with Gasteiger partial charge in [-0.2, -0.15) is 0 Å². The summed E-state index contributed by atoms with van der Waals surface area (Å²) in [6.07, 6.45) is 0. The van der Waals surface area contributed by atoms with Crippen LogP contribution in [0.1, 0.15) is 0 Å². The molecule has 104 valence electrons. The lowest BCUT2D eigenvalue weighted by molar-refractivity contribution is 0.145. The highest BCUT2D eigenvalue weighted by Gasteiger charge is 2.44. The van der Waals surface area contributed by atoms with Crippen molar-refractivity contribution in [2.75, 3.05) is 44.9 Å². The summed E-state index contributed by atoms with van der Waals surface area (Å²) in [4.78, 5) is 13.6. The van der Waals surface area contributed by atoms with Crippen molar-refractivity contribution in [3.05, 3.63) is 0 Å². The number of ether oxygens (including phenoxy) is 1. The lowest BCUT2D eigenvalue weighted by Gasteiger charge is -2.37. The van der Waals surface area contributed by atoms with E-state index in [1.165, 1.54) is 0 Å². The maximum absolute atomic E-state index is 12.0. The zero-order chi connectivity index (χ0) is 13.2.